The fourth-order valence-corrected chi connectivity index (χ4v) is 7.23. The van der Waals surface area contributed by atoms with Gasteiger partial charge in [0.1, 0.15) is 27.6 Å². The van der Waals surface area contributed by atoms with Crippen molar-refractivity contribution < 1.29 is 38.8 Å². The van der Waals surface area contributed by atoms with Crippen molar-refractivity contribution in [3.63, 3.8) is 0 Å². The molecule has 0 bridgehead atoms. The van der Waals surface area contributed by atoms with E-state index in [1.54, 1.807) is 12.1 Å². The second-order valence-electron chi connectivity index (χ2n) is 11.3. The SMILES string of the molecule is COc1ccc([C@H](Cc2c(Cl)c[n+](O)cc2Cl)c2cc(CNC(C(=O)OC[C@H]3CCN3C)c3ccccc3)sc2C(=O)O)cc1OC. The van der Waals surface area contributed by atoms with Crippen LogP contribution in [-0.2, 0) is 22.5 Å². The van der Waals surface area contributed by atoms with Crippen molar-refractivity contribution >= 4 is 46.5 Å². The minimum Gasteiger partial charge on any atom is -0.493 e. The molecule has 4 aromatic rings. The van der Waals surface area contributed by atoms with Gasteiger partial charge in [0.05, 0.1) is 14.2 Å². The number of benzene rings is 2. The highest BCUT2D eigenvalue weighted by Gasteiger charge is 2.30. The molecule has 10 nitrogen and oxygen atoms in total. The summed E-state index contributed by atoms with van der Waals surface area (Å²) < 4.78 is 17.5. The number of aromatic nitrogens is 1. The van der Waals surface area contributed by atoms with Crippen molar-refractivity contribution in [2.45, 2.75) is 37.4 Å². The van der Waals surface area contributed by atoms with Crippen molar-refractivity contribution in [3.8, 4) is 11.5 Å². The van der Waals surface area contributed by atoms with Crippen molar-refractivity contribution in [1.82, 2.24) is 10.2 Å². The number of rotatable bonds is 14. The Hall–Kier alpha value is -3.87. The van der Waals surface area contributed by atoms with Gasteiger partial charge >= 0.3 is 11.9 Å². The van der Waals surface area contributed by atoms with Gasteiger partial charge in [0, 0.05) is 33.7 Å². The second kappa shape index (κ2) is 15.4. The Bertz CT molecular complexity index is 1710. The zero-order chi connectivity index (χ0) is 33.7. The number of carboxylic acid groups (broad SMARTS) is 1. The van der Waals surface area contributed by atoms with Crippen molar-refractivity contribution in [2.24, 2.45) is 0 Å². The van der Waals surface area contributed by atoms with Crippen molar-refractivity contribution in [2.75, 3.05) is 34.4 Å². The van der Waals surface area contributed by atoms with E-state index < -0.39 is 23.9 Å². The van der Waals surface area contributed by atoms with E-state index in [0.717, 1.165) is 40.2 Å². The van der Waals surface area contributed by atoms with Gasteiger partial charge < -0.3 is 19.3 Å². The van der Waals surface area contributed by atoms with Gasteiger partial charge in [-0.2, -0.15) is 0 Å². The molecule has 3 N–H and O–H groups in total. The molecule has 3 atom stereocenters. The van der Waals surface area contributed by atoms with E-state index in [9.17, 15) is 19.9 Å². The number of nitrogens with one attached hydrogen (secondary N) is 1. The van der Waals surface area contributed by atoms with E-state index in [0.29, 0.717) is 34.1 Å². The molecule has 248 valence electrons. The zero-order valence-corrected chi connectivity index (χ0v) is 28.4. The number of ether oxygens (including phenoxy) is 3. The van der Waals surface area contributed by atoms with Gasteiger partial charge in [-0.15, -0.1) is 11.3 Å². The maximum Gasteiger partial charge on any atom is 0.346 e. The van der Waals surface area contributed by atoms with Gasteiger partial charge in [0.15, 0.2) is 11.5 Å². The fourth-order valence-electron chi connectivity index (χ4n) is 5.61. The molecule has 13 heteroatoms. The first-order chi connectivity index (χ1) is 22.6. The standard InChI is InChI=1S/C34H35Cl2N3O7S/c1-38-12-11-22(38)19-46-34(42)31(20-7-5-4-6-8-20)37-16-23-14-25(32(47-23)33(40)41)24(15-26-27(35)17-39(43)18-28(26)36)21-9-10-29(44-2)30(13-21)45-3/h4-10,13-14,17-18,22,24,31,37H,11-12,15-16,19H2,1-3H3,(H-,40,41,43)/p+1/t22-,24+,31?/m1/s1. The van der Waals surface area contributed by atoms with Crippen LogP contribution in [0.4, 0.5) is 0 Å². The number of carboxylic acids is 1. The van der Waals surface area contributed by atoms with Gasteiger partial charge in [0.25, 0.3) is 0 Å². The number of hydrogen-bond donors (Lipinski definition) is 3. The summed E-state index contributed by atoms with van der Waals surface area (Å²) in [4.78, 5) is 29.0. The highest BCUT2D eigenvalue weighted by molar-refractivity contribution is 7.14. The lowest BCUT2D eigenvalue weighted by molar-refractivity contribution is -0.904. The quantitative estimate of drug-likeness (QED) is 0.0858. The van der Waals surface area contributed by atoms with E-state index in [-0.39, 0.29) is 33.9 Å². The summed E-state index contributed by atoms with van der Waals surface area (Å²) in [6.07, 6.45) is 3.83. The van der Waals surface area contributed by atoms with Crippen LogP contribution in [0, 0.1) is 0 Å². The van der Waals surface area contributed by atoms with Crippen LogP contribution in [-0.4, -0.2) is 67.6 Å². The Labute approximate surface area is 287 Å². The fraction of sp³-hybridized carbons (Fsp3) is 0.324. The molecular formula is C34H36Cl2N3O7S+. The number of carbonyl (C=O) groups is 2. The van der Waals surface area contributed by atoms with Gasteiger partial charge in [-0.05, 0) is 61.3 Å². The number of thiophene rings is 1. The van der Waals surface area contributed by atoms with E-state index in [1.807, 2.05) is 49.5 Å². The van der Waals surface area contributed by atoms with Crippen LogP contribution in [0.1, 0.15) is 55.2 Å². The molecule has 1 fully saturated rings. The van der Waals surface area contributed by atoms with Crippen LogP contribution in [0.2, 0.25) is 10.0 Å². The topological polar surface area (TPSA) is 121 Å². The zero-order valence-electron chi connectivity index (χ0n) is 26.1. The summed E-state index contributed by atoms with van der Waals surface area (Å²) in [5.41, 5.74) is 2.55. The minimum absolute atomic E-state index is 0.133. The molecule has 1 unspecified atom stereocenters. The highest BCUT2D eigenvalue weighted by atomic mass is 35.5. The largest absolute Gasteiger partial charge is 0.493 e. The third kappa shape index (κ3) is 7.99. The second-order valence-corrected chi connectivity index (χ2v) is 13.2. The molecular weight excluding hydrogens is 665 g/mol. The number of aromatic carboxylic acids is 1. The molecule has 2 aromatic carbocycles. The molecule has 0 saturated carbocycles. The van der Waals surface area contributed by atoms with Crippen LogP contribution in [0.5, 0.6) is 11.5 Å². The number of carbonyl (C=O) groups excluding carboxylic acids is 1. The maximum atomic E-state index is 13.3. The predicted octanol–water partition coefficient (Wildman–Crippen LogP) is 5.75. The lowest BCUT2D eigenvalue weighted by atomic mass is 9.85. The first-order valence-corrected chi connectivity index (χ1v) is 16.5. The van der Waals surface area contributed by atoms with Crippen molar-refractivity contribution in [1.29, 1.82) is 0 Å². The number of pyridine rings is 1. The lowest BCUT2D eigenvalue weighted by Crippen LogP contribution is -2.48. The summed E-state index contributed by atoms with van der Waals surface area (Å²) in [5.74, 6) is -1.04. The number of nitrogens with zero attached hydrogens (tertiary/aromatic N) is 2. The molecule has 0 aliphatic carbocycles. The summed E-state index contributed by atoms with van der Waals surface area (Å²) in [5, 5.41) is 24.1. The van der Waals surface area contributed by atoms with Gasteiger partial charge in [-0.3, -0.25) is 15.4 Å². The Balaban J connectivity index is 1.49. The molecule has 0 spiro atoms. The van der Waals surface area contributed by atoms with Gasteiger partial charge in [-0.25, -0.2) is 9.59 Å². The molecule has 0 amide bonds. The summed E-state index contributed by atoms with van der Waals surface area (Å²) in [6, 6.07) is 16.0. The predicted molar refractivity (Wildman–Crippen MR) is 178 cm³/mol. The van der Waals surface area contributed by atoms with Crippen molar-refractivity contribution in [3.05, 3.63) is 109 Å². The van der Waals surface area contributed by atoms with E-state index >= 15 is 0 Å². The third-order valence-corrected chi connectivity index (χ3v) is 10.2. The highest BCUT2D eigenvalue weighted by Crippen LogP contribution is 2.41. The molecule has 0 radical (unpaired) electrons. The molecule has 3 heterocycles. The van der Waals surface area contributed by atoms with E-state index in [2.05, 4.69) is 10.2 Å². The molecule has 5 rings (SSSR count). The van der Waals surface area contributed by atoms with Crippen LogP contribution >= 0.6 is 34.5 Å². The smallest absolute Gasteiger partial charge is 0.346 e. The van der Waals surface area contributed by atoms with E-state index in [4.69, 9.17) is 37.4 Å². The van der Waals surface area contributed by atoms with E-state index in [1.165, 1.54) is 26.6 Å². The summed E-state index contributed by atoms with van der Waals surface area (Å²) in [7, 11) is 5.06. The maximum absolute atomic E-state index is 13.3. The van der Waals surface area contributed by atoms with Crippen LogP contribution in [0.25, 0.3) is 0 Å². The van der Waals surface area contributed by atoms with Gasteiger partial charge in [0.2, 0.25) is 12.4 Å². The first-order valence-electron chi connectivity index (χ1n) is 14.9. The number of likely N-dealkylation sites (tertiary alicyclic amines) is 1. The first kappa shape index (κ1) is 34.5. The Kier molecular flexibility index (Phi) is 11.3. The summed E-state index contributed by atoms with van der Waals surface area (Å²) >= 11 is 14.2. The number of methoxy groups -OCH3 is 2. The number of halogens is 2. The molecule has 47 heavy (non-hydrogen) atoms. The Morgan fingerprint density at radius 2 is 1.74 bits per heavy atom. The molecule has 2 aromatic heterocycles. The van der Waals surface area contributed by atoms with Crippen LogP contribution in [0.3, 0.4) is 0 Å². The molecule has 1 aliphatic rings. The average molecular weight is 702 g/mol. The minimum atomic E-state index is -1.09. The molecule has 1 saturated heterocycles. The number of hydrogen-bond acceptors (Lipinski definition) is 9. The third-order valence-electron chi connectivity index (χ3n) is 8.37. The van der Waals surface area contributed by atoms with Crippen LogP contribution in [0.15, 0.2) is 67.0 Å². The van der Waals surface area contributed by atoms with Gasteiger partial charge in [-0.1, -0.05) is 59.6 Å². The monoisotopic (exact) mass is 700 g/mol. The number of likely N-dealkylation sites (N-methyl/N-ethyl adjacent to an activating group) is 1. The lowest BCUT2D eigenvalue weighted by Gasteiger charge is -2.37. The van der Waals surface area contributed by atoms with Crippen LogP contribution < -0.4 is 19.5 Å². The normalized spacial score (nSPS) is 15.8. The number of esters is 1. The Morgan fingerprint density at radius 3 is 2.34 bits per heavy atom. The average Bonchev–Trinajstić information content (AvgIpc) is 3.48. The summed E-state index contributed by atoms with van der Waals surface area (Å²) in [6.45, 7) is 1.49. The molecule has 1 aliphatic heterocycles. The Morgan fingerprint density at radius 1 is 1.04 bits per heavy atom.